The molecule has 2 amide bonds. The first-order valence-corrected chi connectivity index (χ1v) is 10.3. The number of aromatic nitrogens is 1. The summed E-state index contributed by atoms with van der Waals surface area (Å²) in [5, 5.41) is 6.14. The summed E-state index contributed by atoms with van der Waals surface area (Å²) >= 11 is 1.38. The van der Waals surface area contributed by atoms with Crippen LogP contribution in [0, 0.1) is 0 Å². The predicted molar refractivity (Wildman–Crippen MR) is 127 cm³/mol. The fourth-order valence-electron chi connectivity index (χ4n) is 2.92. The van der Waals surface area contributed by atoms with Gasteiger partial charge in [0, 0.05) is 16.8 Å². The molecule has 3 aromatic carbocycles. The lowest BCUT2D eigenvalue weighted by Crippen LogP contribution is -2.14. The Kier molecular flexibility index (Phi) is 7.23. The van der Waals surface area contributed by atoms with E-state index in [1.807, 2.05) is 31.2 Å². The third-order valence-electron chi connectivity index (χ3n) is 4.31. The zero-order chi connectivity index (χ0) is 20.9. The van der Waals surface area contributed by atoms with Crippen molar-refractivity contribution in [3.63, 3.8) is 0 Å². The van der Waals surface area contributed by atoms with E-state index in [0.29, 0.717) is 28.6 Å². The minimum atomic E-state index is -0.296. The lowest BCUT2D eigenvalue weighted by Gasteiger charge is -2.07. The van der Waals surface area contributed by atoms with E-state index in [9.17, 15) is 9.59 Å². The SMILES string of the molecule is CCOc1ccc2nc(NC(=O)c3cccc(NC(=O)c4ccccc4)c3)sc2c1.Cl. The van der Waals surface area contributed by atoms with Gasteiger partial charge >= 0.3 is 0 Å². The first-order valence-electron chi connectivity index (χ1n) is 9.43. The van der Waals surface area contributed by atoms with Gasteiger partial charge < -0.3 is 10.1 Å². The highest BCUT2D eigenvalue weighted by Gasteiger charge is 2.12. The topological polar surface area (TPSA) is 80.3 Å². The average molecular weight is 454 g/mol. The van der Waals surface area contributed by atoms with Crippen molar-refractivity contribution in [3.05, 3.63) is 83.9 Å². The molecule has 4 aromatic rings. The molecule has 6 nitrogen and oxygen atoms in total. The van der Waals surface area contributed by atoms with Crippen molar-refractivity contribution in [1.29, 1.82) is 0 Å². The molecule has 0 fully saturated rings. The van der Waals surface area contributed by atoms with E-state index in [1.165, 1.54) is 11.3 Å². The molecule has 2 N–H and O–H groups in total. The quantitative estimate of drug-likeness (QED) is 0.397. The van der Waals surface area contributed by atoms with Crippen molar-refractivity contribution in [2.75, 3.05) is 17.2 Å². The van der Waals surface area contributed by atoms with Crippen molar-refractivity contribution in [1.82, 2.24) is 4.98 Å². The number of anilines is 2. The van der Waals surface area contributed by atoms with Crippen molar-refractivity contribution >= 4 is 56.6 Å². The number of carbonyl (C=O) groups is 2. The van der Waals surface area contributed by atoms with Crippen molar-refractivity contribution in [2.45, 2.75) is 6.92 Å². The summed E-state index contributed by atoms with van der Waals surface area (Å²) in [6.07, 6.45) is 0. The van der Waals surface area contributed by atoms with E-state index in [4.69, 9.17) is 4.74 Å². The van der Waals surface area contributed by atoms with Gasteiger partial charge in [-0.2, -0.15) is 0 Å². The lowest BCUT2D eigenvalue weighted by molar-refractivity contribution is 0.101. The Morgan fingerprint density at radius 2 is 1.65 bits per heavy atom. The third kappa shape index (κ3) is 5.39. The smallest absolute Gasteiger partial charge is 0.257 e. The Hall–Kier alpha value is -3.42. The molecule has 31 heavy (non-hydrogen) atoms. The van der Waals surface area contributed by atoms with Gasteiger partial charge in [0.25, 0.3) is 11.8 Å². The number of nitrogens with zero attached hydrogens (tertiary/aromatic N) is 1. The van der Waals surface area contributed by atoms with Gasteiger partial charge in [0.1, 0.15) is 5.75 Å². The van der Waals surface area contributed by atoms with Crippen molar-refractivity contribution < 1.29 is 14.3 Å². The number of thiazole rings is 1. The van der Waals surface area contributed by atoms with Crippen LogP contribution in [-0.2, 0) is 0 Å². The van der Waals surface area contributed by atoms with Gasteiger partial charge in [-0.1, -0.05) is 35.6 Å². The summed E-state index contributed by atoms with van der Waals surface area (Å²) in [4.78, 5) is 29.5. The maximum Gasteiger partial charge on any atom is 0.257 e. The average Bonchev–Trinajstić information content (AvgIpc) is 3.16. The third-order valence-corrected chi connectivity index (χ3v) is 5.24. The Bertz CT molecular complexity index is 1210. The fraction of sp³-hybridized carbons (Fsp3) is 0.0870. The number of nitrogens with one attached hydrogen (secondary N) is 2. The molecule has 0 aliphatic heterocycles. The van der Waals surface area contributed by atoms with Crippen LogP contribution in [0.25, 0.3) is 10.2 Å². The summed E-state index contributed by atoms with van der Waals surface area (Å²) in [6.45, 7) is 2.52. The number of halogens is 1. The first-order chi connectivity index (χ1) is 14.6. The lowest BCUT2D eigenvalue weighted by atomic mass is 10.1. The Morgan fingerprint density at radius 1 is 0.903 bits per heavy atom. The second-order valence-corrected chi connectivity index (χ2v) is 7.47. The van der Waals surface area contributed by atoms with Crippen LogP contribution in [0.3, 0.4) is 0 Å². The minimum absolute atomic E-state index is 0. The number of carbonyl (C=O) groups excluding carboxylic acids is 2. The van der Waals surface area contributed by atoms with E-state index in [0.717, 1.165) is 16.0 Å². The Labute approximate surface area is 189 Å². The highest BCUT2D eigenvalue weighted by molar-refractivity contribution is 7.22. The van der Waals surface area contributed by atoms with E-state index in [-0.39, 0.29) is 24.2 Å². The predicted octanol–water partition coefficient (Wildman–Crippen LogP) is 5.62. The highest BCUT2D eigenvalue weighted by atomic mass is 35.5. The monoisotopic (exact) mass is 453 g/mol. The van der Waals surface area contributed by atoms with Gasteiger partial charge in [-0.25, -0.2) is 4.98 Å². The van der Waals surface area contributed by atoms with Gasteiger partial charge in [0.2, 0.25) is 0 Å². The van der Waals surface area contributed by atoms with Gasteiger partial charge in [-0.3, -0.25) is 14.9 Å². The molecule has 0 atom stereocenters. The number of amides is 2. The van der Waals surface area contributed by atoms with Gasteiger partial charge in [-0.15, -0.1) is 12.4 Å². The molecule has 1 aromatic heterocycles. The summed E-state index contributed by atoms with van der Waals surface area (Å²) in [5.74, 6) is 0.243. The van der Waals surface area contributed by atoms with Gasteiger partial charge in [0.15, 0.2) is 5.13 Å². The molecule has 8 heteroatoms. The summed E-state index contributed by atoms with van der Waals surface area (Å²) < 4.78 is 6.44. The Balaban J connectivity index is 0.00000272. The number of hydrogen-bond donors (Lipinski definition) is 2. The molecule has 4 rings (SSSR count). The maximum atomic E-state index is 12.7. The van der Waals surface area contributed by atoms with E-state index >= 15 is 0 Å². The van der Waals surface area contributed by atoms with Crippen LogP contribution in [0.2, 0.25) is 0 Å². The van der Waals surface area contributed by atoms with Crippen LogP contribution < -0.4 is 15.4 Å². The van der Waals surface area contributed by atoms with E-state index in [1.54, 1.807) is 48.5 Å². The molecule has 0 spiro atoms. The number of fused-ring (bicyclic) bond motifs is 1. The van der Waals surface area contributed by atoms with Crippen LogP contribution in [-0.4, -0.2) is 23.4 Å². The van der Waals surface area contributed by atoms with Crippen LogP contribution in [0.4, 0.5) is 10.8 Å². The molecule has 0 unspecified atom stereocenters. The highest BCUT2D eigenvalue weighted by Crippen LogP contribution is 2.29. The van der Waals surface area contributed by atoms with Gasteiger partial charge in [-0.05, 0) is 55.5 Å². The summed E-state index contributed by atoms with van der Waals surface area (Å²) in [5.41, 5.74) is 2.31. The number of hydrogen-bond acceptors (Lipinski definition) is 5. The van der Waals surface area contributed by atoms with E-state index in [2.05, 4.69) is 15.6 Å². The molecule has 0 saturated heterocycles. The van der Waals surface area contributed by atoms with Crippen LogP contribution in [0.5, 0.6) is 5.75 Å². The normalized spacial score (nSPS) is 10.2. The molecule has 0 aliphatic carbocycles. The molecule has 1 heterocycles. The molecular formula is C23H20ClN3O3S. The number of rotatable bonds is 6. The van der Waals surface area contributed by atoms with Crippen LogP contribution in [0.1, 0.15) is 27.6 Å². The first kappa shape index (κ1) is 22.3. The standard InChI is InChI=1S/C23H19N3O3S.ClH/c1-2-29-18-11-12-19-20(14-18)30-23(25-19)26-22(28)16-9-6-10-17(13-16)24-21(27)15-7-4-3-5-8-15;/h3-14H,2H2,1H3,(H,24,27)(H,25,26,28);1H. The molecule has 0 saturated carbocycles. The second-order valence-electron chi connectivity index (χ2n) is 6.44. The zero-order valence-electron chi connectivity index (χ0n) is 16.6. The minimum Gasteiger partial charge on any atom is -0.494 e. The molecular weight excluding hydrogens is 434 g/mol. The van der Waals surface area contributed by atoms with Crippen LogP contribution >= 0.6 is 23.7 Å². The van der Waals surface area contributed by atoms with Crippen molar-refractivity contribution in [2.24, 2.45) is 0 Å². The maximum absolute atomic E-state index is 12.7. The van der Waals surface area contributed by atoms with Gasteiger partial charge in [0.05, 0.1) is 16.8 Å². The number of ether oxygens (including phenoxy) is 1. The molecule has 0 bridgehead atoms. The fourth-order valence-corrected chi connectivity index (χ4v) is 3.80. The molecule has 158 valence electrons. The van der Waals surface area contributed by atoms with Crippen molar-refractivity contribution in [3.8, 4) is 5.75 Å². The van der Waals surface area contributed by atoms with E-state index < -0.39 is 0 Å². The number of benzene rings is 3. The second kappa shape index (κ2) is 10.1. The summed E-state index contributed by atoms with van der Waals surface area (Å²) in [7, 11) is 0. The van der Waals surface area contributed by atoms with Crippen LogP contribution in [0.15, 0.2) is 72.8 Å². The molecule has 0 aliphatic rings. The summed E-state index contributed by atoms with van der Waals surface area (Å²) in [6, 6.07) is 21.3. The largest absolute Gasteiger partial charge is 0.494 e. The zero-order valence-corrected chi connectivity index (χ0v) is 18.3. The Morgan fingerprint density at radius 3 is 2.42 bits per heavy atom. The molecule has 0 radical (unpaired) electrons.